The van der Waals surface area contributed by atoms with Crippen molar-refractivity contribution in [2.24, 2.45) is 0 Å². The van der Waals surface area contributed by atoms with Gasteiger partial charge in [0.1, 0.15) is 0 Å². The van der Waals surface area contributed by atoms with Crippen molar-refractivity contribution in [1.82, 2.24) is 4.42 Å². The Hall–Kier alpha value is -1.59. The summed E-state index contributed by atoms with van der Waals surface area (Å²) in [5.74, 6) is -6.33. The largest absolute Gasteiger partial charge is 0.203 e. The van der Waals surface area contributed by atoms with E-state index in [1.165, 1.54) is 4.42 Å². The minimum Gasteiger partial charge on any atom is -0.203 e. The SMILES string of the molecule is Fc1c(F)c(F)c2c(c1F)C1c3ccccc3C2N1Cl. The average molecular weight is 300 g/mol. The number of nitrogens with zero attached hydrogens (tertiary/aromatic N) is 1. The summed E-state index contributed by atoms with van der Waals surface area (Å²) in [5, 5.41) is 0. The first-order valence-electron chi connectivity index (χ1n) is 5.92. The Labute approximate surface area is 116 Å². The molecule has 102 valence electrons. The van der Waals surface area contributed by atoms with Crippen LogP contribution in [0.1, 0.15) is 34.3 Å². The Kier molecular flexibility index (Phi) is 2.28. The maximum Gasteiger partial charge on any atom is 0.197 e. The molecule has 0 amide bonds. The first-order chi connectivity index (χ1) is 9.54. The molecule has 2 aliphatic heterocycles. The average Bonchev–Trinajstić information content (AvgIpc) is 2.91. The van der Waals surface area contributed by atoms with Gasteiger partial charge in [0.05, 0.1) is 12.1 Å². The highest BCUT2D eigenvalue weighted by Gasteiger charge is 2.52. The quantitative estimate of drug-likeness (QED) is 0.305. The predicted molar refractivity (Wildman–Crippen MR) is 64.1 cm³/mol. The molecule has 0 N–H and O–H groups in total. The lowest BCUT2D eigenvalue weighted by Gasteiger charge is -2.18. The van der Waals surface area contributed by atoms with Crippen molar-refractivity contribution in [1.29, 1.82) is 0 Å². The molecule has 0 spiro atoms. The summed E-state index contributed by atoms with van der Waals surface area (Å²) < 4.78 is 56.1. The van der Waals surface area contributed by atoms with Gasteiger partial charge >= 0.3 is 0 Å². The van der Waals surface area contributed by atoms with Crippen molar-refractivity contribution < 1.29 is 17.6 Å². The molecule has 0 aromatic heterocycles. The molecule has 2 aliphatic rings. The van der Waals surface area contributed by atoms with Gasteiger partial charge in [-0.05, 0) is 22.9 Å². The van der Waals surface area contributed by atoms with E-state index in [1.54, 1.807) is 24.3 Å². The number of fused-ring (bicyclic) bond motifs is 8. The summed E-state index contributed by atoms with van der Waals surface area (Å²) in [6, 6.07) is 5.32. The summed E-state index contributed by atoms with van der Waals surface area (Å²) in [5.41, 5.74) is 0.953. The van der Waals surface area contributed by atoms with Gasteiger partial charge in [-0.15, -0.1) is 0 Å². The van der Waals surface area contributed by atoms with E-state index in [4.69, 9.17) is 11.8 Å². The Morgan fingerprint density at radius 3 is 1.55 bits per heavy atom. The molecule has 2 bridgehead atoms. The van der Waals surface area contributed by atoms with Crippen LogP contribution in [0.4, 0.5) is 17.6 Å². The molecule has 2 heterocycles. The van der Waals surface area contributed by atoms with Crippen LogP contribution < -0.4 is 0 Å². The zero-order chi connectivity index (χ0) is 14.2. The van der Waals surface area contributed by atoms with E-state index in [0.717, 1.165) is 0 Å². The van der Waals surface area contributed by atoms with E-state index in [1.807, 2.05) is 0 Å². The summed E-state index contributed by atoms with van der Waals surface area (Å²) >= 11 is 6.11. The van der Waals surface area contributed by atoms with Crippen LogP contribution in [0.3, 0.4) is 0 Å². The molecule has 6 heteroatoms. The fourth-order valence-electron chi connectivity index (χ4n) is 3.18. The third-order valence-electron chi connectivity index (χ3n) is 3.97. The number of hydrogen-bond acceptors (Lipinski definition) is 1. The highest BCUT2D eigenvalue weighted by Crippen LogP contribution is 2.58. The molecule has 0 saturated carbocycles. The molecule has 4 rings (SSSR count). The molecule has 2 unspecified atom stereocenters. The van der Waals surface area contributed by atoms with E-state index in [2.05, 4.69) is 0 Å². The molecule has 0 radical (unpaired) electrons. The van der Waals surface area contributed by atoms with Gasteiger partial charge in [-0.25, -0.2) is 17.6 Å². The van der Waals surface area contributed by atoms with Crippen molar-refractivity contribution in [3.05, 3.63) is 69.8 Å². The van der Waals surface area contributed by atoms with Crippen LogP contribution in [-0.4, -0.2) is 4.42 Å². The molecule has 0 aliphatic carbocycles. The lowest BCUT2D eigenvalue weighted by molar-refractivity contribution is 0.400. The number of hydrogen-bond donors (Lipinski definition) is 0. The third-order valence-corrected chi connectivity index (χ3v) is 4.36. The molecule has 20 heavy (non-hydrogen) atoms. The molecule has 1 nitrogen and oxygen atoms in total. The van der Waals surface area contributed by atoms with E-state index in [9.17, 15) is 17.6 Å². The maximum atomic E-state index is 14.0. The number of rotatable bonds is 0. The van der Waals surface area contributed by atoms with Gasteiger partial charge in [0.25, 0.3) is 0 Å². The fraction of sp³-hybridized carbons (Fsp3) is 0.143. The summed E-state index contributed by atoms with van der Waals surface area (Å²) in [6.07, 6.45) is 0. The second-order valence-electron chi connectivity index (χ2n) is 4.86. The Morgan fingerprint density at radius 1 is 0.750 bits per heavy atom. The number of halogens is 5. The van der Waals surface area contributed by atoms with Crippen LogP contribution in [0, 0.1) is 23.3 Å². The zero-order valence-corrected chi connectivity index (χ0v) is 10.6. The molecule has 0 fully saturated rings. The van der Waals surface area contributed by atoms with Gasteiger partial charge in [0, 0.05) is 11.1 Å². The predicted octanol–water partition coefficient (Wildman–Crippen LogP) is 4.20. The first-order valence-corrected chi connectivity index (χ1v) is 6.26. The van der Waals surface area contributed by atoms with Gasteiger partial charge in [-0.3, -0.25) is 0 Å². The van der Waals surface area contributed by atoms with E-state index >= 15 is 0 Å². The summed E-state index contributed by atoms with van der Waals surface area (Å²) in [7, 11) is 0. The van der Waals surface area contributed by atoms with Crippen LogP contribution in [0.5, 0.6) is 0 Å². The molecule has 2 atom stereocenters. The smallest absolute Gasteiger partial charge is 0.197 e. The second-order valence-corrected chi connectivity index (χ2v) is 5.25. The van der Waals surface area contributed by atoms with Crippen molar-refractivity contribution in [2.45, 2.75) is 12.1 Å². The lowest BCUT2D eigenvalue weighted by Crippen LogP contribution is -2.12. The Morgan fingerprint density at radius 2 is 1.15 bits per heavy atom. The standard InChI is InChI=1S/C14H6ClF4N/c15-20-13-5-3-1-2-4-6(5)14(20)8-7(13)9(16)11(18)12(19)10(8)17/h1-4,13-14H. The first kappa shape index (κ1) is 12.2. The topological polar surface area (TPSA) is 3.24 Å². The van der Waals surface area contributed by atoms with Crippen LogP contribution in [0.2, 0.25) is 0 Å². The summed E-state index contributed by atoms with van der Waals surface area (Å²) in [6.45, 7) is 0. The highest BCUT2D eigenvalue weighted by molar-refractivity contribution is 6.15. The monoisotopic (exact) mass is 299 g/mol. The third kappa shape index (κ3) is 1.18. The fourth-order valence-corrected chi connectivity index (χ4v) is 3.59. The van der Waals surface area contributed by atoms with Crippen molar-refractivity contribution in [2.75, 3.05) is 0 Å². The van der Waals surface area contributed by atoms with E-state index in [-0.39, 0.29) is 11.1 Å². The van der Waals surface area contributed by atoms with Crippen LogP contribution >= 0.6 is 11.8 Å². The van der Waals surface area contributed by atoms with E-state index < -0.39 is 35.4 Å². The van der Waals surface area contributed by atoms with Gasteiger partial charge in [0.15, 0.2) is 23.3 Å². The Balaban J connectivity index is 2.10. The van der Waals surface area contributed by atoms with Crippen LogP contribution in [0.15, 0.2) is 24.3 Å². The minimum atomic E-state index is -1.80. The maximum absolute atomic E-state index is 14.0. The molecule has 2 aromatic rings. The molecule has 0 saturated heterocycles. The van der Waals surface area contributed by atoms with Gasteiger partial charge in [0.2, 0.25) is 0 Å². The van der Waals surface area contributed by atoms with Gasteiger partial charge in [-0.2, -0.15) is 4.42 Å². The summed E-state index contributed by atoms with van der Waals surface area (Å²) in [4.78, 5) is 0. The van der Waals surface area contributed by atoms with E-state index in [0.29, 0.717) is 11.1 Å². The zero-order valence-electron chi connectivity index (χ0n) is 9.80. The normalized spacial score (nSPS) is 23.1. The van der Waals surface area contributed by atoms with Crippen molar-refractivity contribution in [3.8, 4) is 0 Å². The molecule has 2 aromatic carbocycles. The highest BCUT2D eigenvalue weighted by atomic mass is 35.5. The van der Waals surface area contributed by atoms with Crippen LogP contribution in [-0.2, 0) is 0 Å². The van der Waals surface area contributed by atoms with Gasteiger partial charge < -0.3 is 0 Å². The second kappa shape index (κ2) is 3.74. The van der Waals surface area contributed by atoms with Crippen LogP contribution in [0.25, 0.3) is 0 Å². The lowest BCUT2D eigenvalue weighted by atomic mass is 9.85. The molecular formula is C14H6ClF4N. The van der Waals surface area contributed by atoms with Crippen molar-refractivity contribution >= 4 is 11.8 Å². The number of benzene rings is 2. The molecular weight excluding hydrogens is 294 g/mol. The van der Waals surface area contributed by atoms with Gasteiger partial charge in [-0.1, -0.05) is 24.3 Å². The Bertz CT molecular complexity index is 699. The minimum absolute atomic E-state index is 0.208. The van der Waals surface area contributed by atoms with Crippen molar-refractivity contribution in [3.63, 3.8) is 0 Å².